The molecule has 0 aromatic carbocycles. The van der Waals surface area contributed by atoms with Crippen molar-refractivity contribution in [3.05, 3.63) is 24.5 Å². The minimum absolute atomic E-state index is 0.0737. The Kier molecular flexibility index (Phi) is 3.98. The van der Waals surface area contributed by atoms with Crippen LogP contribution in [-0.4, -0.2) is 49.1 Å². The summed E-state index contributed by atoms with van der Waals surface area (Å²) >= 11 is 0. The van der Waals surface area contributed by atoms with E-state index in [4.69, 9.17) is 0 Å². The maximum absolute atomic E-state index is 12.8. The van der Waals surface area contributed by atoms with E-state index in [1.54, 1.807) is 24.5 Å². The van der Waals surface area contributed by atoms with Gasteiger partial charge in [-0.05, 0) is 12.1 Å². The van der Waals surface area contributed by atoms with E-state index in [1.165, 1.54) is 4.90 Å². The van der Waals surface area contributed by atoms with Crippen LogP contribution >= 0.6 is 0 Å². The Balaban J connectivity index is 1.83. The molecule has 1 amide bonds. The second kappa shape index (κ2) is 5.52. The fraction of sp³-hybridized carbons (Fsp3) is 0.455. The predicted octanol–water partition coefficient (Wildman–Crippen LogP) is 0.394. The quantitative estimate of drug-likeness (QED) is 0.793. The number of likely N-dealkylation sites (tertiary alicyclic amines) is 1. The molecule has 1 fully saturated rings. The average molecular weight is 287 g/mol. The van der Waals surface area contributed by atoms with Gasteiger partial charge >= 0.3 is 10.2 Å². The topological polar surface area (TPSA) is 79.4 Å². The summed E-state index contributed by atoms with van der Waals surface area (Å²) in [5.41, 5.74) is 0.858. The Morgan fingerprint density at radius 1 is 1.42 bits per heavy atom. The summed E-state index contributed by atoms with van der Waals surface area (Å²) in [4.78, 5) is 16.8. The van der Waals surface area contributed by atoms with Gasteiger partial charge < -0.3 is 10.2 Å². The second-order valence-corrected chi connectivity index (χ2v) is 5.92. The highest BCUT2D eigenvalue weighted by Gasteiger charge is 2.37. The van der Waals surface area contributed by atoms with Crippen molar-refractivity contribution in [1.82, 2.24) is 9.88 Å². The molecule has 0 aliphatic carbocycles. The minimum Gasteiger partial charge on any atom is -0.383 e. The maximum Gasteiger partial charge on any atom is 0.307 e. The Morgan fingerprint density at radius 2 is 2.11 bits per heavy atom. The van der Waals surface area contributed by atoms with Gasteiger partial charge in [-0.25, -0.2) is 0 Å². The number of hydrogen-bond donors (Lipinski definition) is 1. The van der Waals surface area contributed by atoms with Gasteiger partial charge in [0.25, 0.3) is 0 Å². The van der Waals surface area contributed by atoms with Gasteiger partial charge in [0.15, 0.2) is 0 Å². The molecule has 1 unspecified atom stereocenters. The Hall–Kier alpha value is -1.70. The summed E-state index contributed by atoms with van der Waals surface area (Å²) in [5, 5.41) is 1.85. The third kappa shape index (κ3) is 3.63. The number of rotatable bonds is 5. The fourth-order valence-corrected chi connectivity index (χ4v) is 2.65. The van der Waals surface area contributed by atoms with E-state index in [9.17, 15) is 17.1 Å². The summed E-state index contributed by atoms with van der Waals surface area (Å²) in [6.45, 7) is 0.734. The van der Waals surface area contributed by atoms with Crippen LogP contribution in [0.1, 0.15) is 6.42 Å². The summed E-state index contributed by atoms with van der Waals surface area (Å²) < 4.78 is 34.3. The molecular formula is C11H14FN3O3S. The van der Waals surface area contributed by atoms with Gasteiger partial charge in [0, 0.05) is 44.1 Å². The van der Waals surface area contributed by atoms with Gasteiger partial charge in [-0.3, -0.25) is 9.78 Å². The molecule has 19 heavy (non-hydrogen) atoms. The van der Waals surface area contributed by atoms with Gasteiger partial charge in [-0.15, -0.1) is 3.89 Å². The van der Waals surface area contributed by atoms with E-state index >= 15 is 0 Å². The highest BCUT2D eigenvalue weighted by atomic mass is 32.3. The molecule has 0 radical (unpaired) electrons. The summed E-state index contributed by atoms with van der Waals surface area (Å²) in [6.07, 6.45) is 3.00. The van der Waals surface area contributed by atoms with Crippen molar-refractivity contribution in [1.29, 1.82) is 0 Å². The smallest absolute Gasteiger partial charge is 0.307 e. The molecule has 1 aromatic rings. The van der Waals surface area contributed by atoms with Crippen molar-refractivity contribution < 1.29 is 17.1 Å². The molecular weight excluding hydrogens is 273 g/mol. The minimum atomic E-state index is -4.64. The first-order valence-corrected chi connectivity index (χ1v) is 7.26. The normalized spacial score (nSPS) is 19.7. The highest BCUT2D eigenvalue weighted by Crippen LogP contribution is 2.19. The second-order valence-electron chi connectivity index (χ2n) is 4.30. The molecule has 2 heterocycles. The van der Waals surface area contributed by atoms with Crippen LogP contribution in [-0.2, 0) is 15.0 Å². The van der Waals surface area contributed by atoms with Crippen LogP contribution < -0.4 is 5.32 Å². The molecule has 104 valence electrons. The lowest BCUT2D eigenvalue weighted by molar-refractivity contribution is -0.127. The number of anilines is 1. The number of amides is 1. The van der Waals surface area contributed by atoms with Crippen LogP contribution in [0.5, 0.6) is 0 Å². The number of nitrogens with one attached hydrogen (secondary N) is 1. The molecule has 1 aliphatic heterocycles. The highest BCUT2D eigenvalue weighted by molar-refractivity contribution is 7.87. The molecule has 0 spiro atoms. The molecule has 8 heteroatoms. The first-order chi connectivity index (χ1) is 8.97. The van der Waals surface area contributed by atoms with Crippen LogP contribution in [0.25, 0.3) is 0 Å². The number of hydrogen-bond acceptors (Lipinski definition) is 5. The van der Waals surface area contributed by atoms with Gasteiger partial charge in [-0.1, -0.05) is 0 Å². The Labute approximate surface area is 110 Å². The van der Waals surface area contributed by atoms with Crippen molar-refractivity contribution >= 4 is 21.8 Å². The number of aromatic nitrogens is 1. The lowest BCUT2D eigenvalue weighted by atomic mass is 10.4. The van der Waals surface area contributed by atoms with Crippen LogP contribution in [0, 0.1) is 0 Å². The zero-order valence-electron chi connectivity index (χ0n) is 10.1. The number of pyridine rings is 1. The molecule has 1 N–H and O–H groups in total. The zero-order valence-corrected chi connectivity index (χ0v) is 10.9. The van der Waals surface area contributed by atoms with Crippen LogP contribution in [0.3, 0.4) is 0 Å². The average Bonchev–Trinajstić information content (AvgIpc) is 2.72. The fourth-order valence-electron chi connectivity index (χ4n) is 1.95. The predicted molar refractivity (Wildman–Crippen MR) is 67.7 cm³/mol. The van der Waals surface area contributed by atoms with Crippen molar-refractivity contribution in [2.75, 3.05) is 25.0 Å². The summed E-state index contributed by atoms with van der Waals surface area (Å²) in [6, 6.07) is 3.56. The molecule has 2 rings (SSSR count). The van der Waals surface area contributed by atoms with Gasteiger partial charge in [0.05, 0.1) is 0 Å². The first-order valence-electron chi connectivity index (χ1n) is 5.82. The first kappa shape index (κ1) is 13.7. The van der Waals surface area contributed by atoms with E-state index < -0.39 is 15.5 Å². The Morgan fingerprint density at radius 3 is 2.68 bits per heavy atom. The van der Waals surface area contributed by atoms with E-state index in [-0.39, 0.29) is 18.9 Å². The zero-order chi connectivity index (χ0) is 13.9. The summed E-state index contributed by atoms with van der Waals surface area (Å²) in [5.74, 6) is -0.331. The number of carbonyl (C=O) groups excluding carboxylic acids is 1. The largest absolute Gasteiger partial charge is 0.383 e. The molecule has 1 saturated heterocycles. The third-order valence-electron chi connectivity index (χ3n) is 2.97. The summed E-state index contributed by atoms with van der Waals surface area (Å²) in [7, 11) is -4.64. The van der Waals surface area contributed by atoms with E-state index in [1.807, 2.05) is 0 Å². The maximum atomic E-state index is 12.8. The van der Waals surface area contributed by atoms with Crippen LogP contribution in [0.2, 0.25) is 0 Å². The van der Waals surface area contributed by atoms with Crippen molar-refractivity contribution in [2.24, 2.45) is 0 Å². The van der Waals surface area contributed by atoms with E-state index in [0.29, 0.717) is 13.1 Å². The lowest BCUT2D eigenvalue weighted by Gasteiger charge is -2.16. The van der Waals surface area contributed by atoms with E-state index in [2.05, 4.69) is 10.3 Å². The van der Waals surface area contributed by atoms with Crippen molar-refractivity contribution in [3.8, 4) is 0 Å². The molecule has 6 nitrogen and oxygen atoms in total. The van der Waals surface area contributed by atoms with Gasteiger partial charge in [-0.2, -0.15) is 8.42 Å². The molecule has 0 saturated carbocycles. The molecule has 1 atom stereocenters. The number of halogens is 1. The number of nitrogens with zero attached hydrogens (tertiary/aromatic N) is 2. The molecule has 1 aromatic heterocycles. The Bertz CT molecular complexity index is 550. The van der Waals surface area contributed by atoms with Gasteiger partial charge in [0.1, 0.15) is 5.25 Å². The van der Waals surface area contributed by atoms with Crippen LogP contribution in [0.4, 0.5) is 9.57 Å². The SMILES string of the molecule is O=C1CC(S(=O)(=O)F)CN1CCNc1ccncc1. The van der Waals surface area contributed by atoms with Crippen molar-refractivity contribution in [2.45, 2.75) is 11.7 Å². The lowest BCUT2D eigenvalue weighted by Crippen LogP contribution is -2.31. The molecule has 0 bridgehead atoms. The third-order valence-corrected chi connectivity index (χ3v) is 4.08. The van der Waals surface area contributed by atoms with Gasteiger partial charge in [0.2, 0.25) is 5.91 Å². The monoisotopic (exact) mass is 287 g/mol. The standard InChI is InChI=1S/C11H14FN3O3S/c12-19(17,18)10-7-11(16)15(8-10)6-5-14-9-1-3-13-4-2-9/h1-4,10H,5-8H2,(H,13,14). The van der Waals surface area contributed by atoms with Crippen molar-refractivity contribution in [3.63, 3.8) is 0 Å². The number of carbonyl (C=O) groups is 1. The molecule has 1 aliphatic rings. The van der Waals surface area contributed by atoms with E-state index in [0.717, 1.165) is 5.69 Å². The van der Waals surface area contributed by atoms with Crippen LogP contribution in [0.15, 0.2) is 24.5 Å².